The number of carbonyl (C=O) groups is 3. The van der Waals surface area contributed by atoms with Crippen LogP contribution in [0.3, 0.4) is 0 Å². The lowest BCUT2D eigenvalue weighted by molar-refractivity contribution is -0.119. The third kappa shape index (κ3) is 5.49. The number of hydrogen-bond acceptors (Lipinski definition) is 5. The molecule has 8 heteroatoms. The van der Waals surface area contributed by atoms with Gasteiger partial charge in [0, 0.05) is 17.6 Å². The lowest BCUT2D eigenvalue weighted by Gasteiger charge is -2.11. The summed E-state index contributed by atoms with van der Waals surface area (Å²) in [5.74, 6) is -1.07. The molecular weight excluding hydrogens is 360 g/mol. The van der Waals surface area contributed by atoms with Gasteiger partial charge in [-0.25, -0.2) is 4.79 Å². The molecule has 0 aliphatic carbocycles. The Morgan fingerprint density at radius 2 is 1.85 bits per heavy atom. The lowest BCUT2D eigenvalue weighted by atomic mass is 10.2. The molecular formula is C18H17ClN2O5. The minimum Gasteiger partial charge on any atom is -0.495 e. The second kappa shape index (κ2) is 8.87. The summed E-state index contributed by atoms with van der Waals surface area (Å²) in [6, 6.07) is 11.0. The minimum absolute atomic E-state index is 0.212. The van der Waals surface area contributed by atoms with Gasteiger partial charge in [-0.05, 0) is 36.4 Å². The first-order valence-corrected chi connectivity index (χ1v) is 7.95. The van der Waals surface area contributed by atoms with Gasteiger partial charge in [0.2, 0.25) is 5.91 Å². The molecule has 0 aromatic heterocycles. The molecule has 0 radical (unpaired) electrons. The molecule has 0 spiro atoms. The Bertz CT molecular complexity index is 838. The molecule has 7 nitrogen and oxygen atoms in total. The molecule has 0 fully saturated rings. The fourth-order valence-electron chi connectivity index (χ4n) is 2.11. The highest BCUT2D eigenvalue weighted by Crippen LogP contribution is 2.27. The molecule has 0 saturated heterocycles. The Labute approximate surface area is 155 Å². The van der Waals surface area contributed by atoms with Gasteiger partial charge in [0.25, 0.3) is 5.91 Å². The zero-order chi connectivity index (χ0) is 19.1. The summed E-state index contributed by atoms with van der Waals surface area (Å²) < 4.78 is 10.1. The van der Waals surface area contributed by atoms with E-state index in [9.17, 15) is 14.4 Å². The van der Waals surface area contributed by atoms with Gasteiger partial charge < -0.3 is 20.1 Å². The number of amides is 2. The summed E-state index contributed by atoms with van der Waals surface area (Å²) in [6.45, 7) is 0.873. The molecule has 0 heterocycles. The van der Waals surface area contributed by atoms with Gasteiger partial charge in [-0.2, -0.15) is 0 Å². The van der Waals surface area contributed by atoms with Crippen LogP contribution in [-0.4, -0.2) is 31.5 Å². The molecule has 2 rings (SSSR count). The van der Waals surface area contributed by atoms with Crippen molar-refractivity contribution in [3.8, 4) is 5.75 Å². The minimum atomic E-state index is -0.689. The highest BCUT2D eigenvalue weighted by atomic mass is 35.5. The summed E-state index contributed by atoms with van der Waals surface area (Å²) in [5, 5.41) is 5.55. The van der Waals surface area contributed by atoms with E-state index in [0.717, 1.165) is 0 Å². The van der Waals surface area contributed by atoms with Crippen LogP contribution < -0.4 is 15.4 Å². The second-order valence-electron chi connectivity index (χ2n) is 5.23. The van der Waals surface area contributed by atoms with Crippen molar-refractivity contribution in [2.45, 2.75) is 6.92 Å². The Hall–Kier alpha value is -3.06. The number of carbonyl (C=O) groups excluding carboxylic acids is 3. The molecule has 2 aromatic carbocycles. The van der Waals surface area contributed by atoms with E-state index in [-0.39, 0.29) is 11.5 Å². The maximum atomic E-state index is 12.1. The molecule has 0 bridgehead atoms. The van der Waals surface area contributed by atoms with Gasteiger partial charge in [0.05, 0.1) is 18.4 Å². The first-order valence-electron chi connectivity index (χ1n) is 7.57. The van der Waals surface area contributed by atoms with E-state index in [2.05, 4.69) is 10.6 Å². The van der Waals surface area contributed by atoms with E-state index < -0.39 is 18.5 Å². The van der Waals surface area contributed by atoms with Crippen LogP contribution >= 0.6 is 11.6 Å². The van der Waals surface area contributed by atoms with E-state index in [1.54, 1.807) is 24.3 Å². The lowest BCUT2D eigenvalue weighted by Crippen LogP contribution is -2.21. The summed E-state index contributed by atoms with van der Waals surface area (Å²) >= 11 is 5.89. The number of halogens is 1. The van der Waals surface area contributed by atoms with Crippen LogP contribution in [0.2, 0.25) is 5.02 Å². The number of nitrogens with one attached hydrogen (secondary N) is 2. The topological polar surface area (TPSA) is 93.7 Å². The molecule has 2 N–H and O–H groups in total. The Kier molecular flexibility index (Phi) is 6.57. The van der Waals surface area contributed by atoms with Gasteiger partial charge in [-0.3, -0.25) is 9.59 Å². The van der Waals surface area contributed by atoms with Crippen molar-refractivity contribution < 1.29 is 23.9 Å². The summed E-state index contributed by atoms with van der Waals surface area (Å²) in [6.07, 6.45) is 0. The van der Waals surface area contributed by atoms with Gasteiger partial charge in [-0.1, -0.05) is 17.7 Å². The van der Waals surface area contributed by atoms with Crippen LogP contribution in [0.4, 0.5) is 11.4 Å². The first kappa shape index (κ1) is 19.3. The number of esters is 1. The predicted molar refractivity (Wildman–Crippen MR) is 97.7 cm³/mol. The third-order valence-electron chi connectivity index (χ3n) is 3.19. The van der Waals surface area contributed by atoms with Crippen LogP contribution in [0, 0.1) is 0 Å². The van der Waals surface area contributed by atoms with Crippen molar-refractivity contribution >= 4 is 40.8 Å². The van der Waals surface area contributed by atoms with Gasteiger partial charge in [-0.15, -0.1) is 0 Å². The molecule has 136 valence electrons. The molecule has 0 saturated carbocycles. The van der Waals surface area contributed by atoms with Crippen LogP contribution in [-0.2, 0) is 14.3 Å². The van der Waals surface area contributed by atoms with Crippen LogP contribution in [0.5, 0.6) is 5.75 Å². The summed E-state index contributed by atoms with van der Waals surface area (Å²) in [7, 11) is 1.46. The van der Waals surface area contributed by atoms with Crippen molar-refractivity contribution in [1.82, 2.24) is 0 Å². The average Bonchev–Trinajstić information content (AvgIpc) is 2.59. The Morgan fingerprint density at radius 3 is 2.54 bits per heavy atom. The predicted octanol–water partition coefficient (Wildman–Crippen LogP) is 3.10. The van der Waals surface area contributed by atoms with Gasteiger partial charge >= 0.3 is 5.97 Å². The SMILES string of the molecule is COc1ccc(Cl)cc1NC(=O)COC(=O)c1cccc(NC(C)=O)c1. The molecule has 0 aliphatic heterocycles. The largest absolute Gasteiger partial charge is 0.495 e. The zero-order valence-electron chi connectivity index (χ0n) is 14.2. The number of hydrogen-bond donors (Lipinski definition) is 2. The van der Waals surface area contributed by atoms with Gasteiger partial charge in [0.1, 0.15) is 5.75 Å². The van der Waals surface area contributed by atoms with Crippen LogP contribution in [0.1, 0.15) is 17.3 Å². The van der Waals surface area contributed by atoms with Gasteiger partial charge in [0.15, 0.2) is 6.61 Å². The van der Waals surface area contributed by atoms with E-state index in [4.69, 9.17) is 21.1 Å². The molecule has 0 atom stereocenters. The van der Waals surface area contributed by atoms with Crippen molar-refractivity contribution in [2.75, 3.05) is 24.4 Å². The van der Waals surface area contributed by atoms with E-state index in [0.29, 0.717) is 22.1 Å². The Morgan fingerprint density at radius 1 is 1.08 bits per heavy atom. The zero-order valence-corrected chi connectivity index (χ0v) is 14.9. The molecule has 0 unspecified atom stereocenters. The first-order chi connectivity index (χ1) is 12.4. The fourth-order valence-corrected chi connectivity index (χ4v) is 2.28. The summed E-state index contributed by atoms with van der Waals surface area (Å²) in [5.41, 5.74) is 1.04. The summed E-state index contributed by atoms with van der Waals surface area (Å²) in [4.78, 5) is 35.1. The molecule has 26 heavy (non-hydrogen) atoms. The highest BCUT2D eigenvalue weighted by Gasteiger charge is 2.13. The van der Waals surface area contributed by atoms with Crippen molar-refractivity contribution in [3.63, 3.8) is 0 Å². The van der Waals surface area contributed by atoms with Crippen LogP contribution in [0.15, 0.2) is 42.5 Å². The smallest absolute Gasteiger partial charge is 0.338 e. The third-order valence-corrected chi connectivity index (χ3v) is 3.42. The number of methoxy groups -OCH3 is 1. The van der Waals surface area contributed by atoms with E-state index in [1.165, 1.54) is 32.2 Å². The molecule has 2 amide bonds. The van der Waals surface area contributed by atoms with Crippen molar-refractivity contribution in [2.24, 2.45) is 0 Å². The average molecular weight is 377 g/mol. The maximum absolute atomic E-state index is 12.1. The van der Waals surface area contributed by atoms with Crippen LogP contribution in [0.25, 0.3) is 0 Å². The van der Waals surface area contributed by atoms with E-state index in [1.807, 2.05) is 0 Å². The quantitative estimate of drug-likeness (QED) is 0.755. The highest BCUT2D eigenvalue weighted by molar-refractivity contribution is 6.31. The van der Waals surface area contributed by atoms with E-state index >= 15 is 0 Å². The molecule has 0 aliphatic rings. The van der Waals surface area contributed by atoms with Crippen molar-refractivity contribution in [3.05, 3.63) is 53.1 Å². The number of rotatable bonds is 6. The number of anilines is 2. The number of ether oxygens (including phenoxy) is 2. The number of benzene rings is 2. The Balaban J connectivity index is 1.96. The fraction of sp³-hybridized carbons (Fsp3) is 0.167. The van der Waals surface area contributed by atoms with Crippen molar-refractivity contribution in [1.29, 1.82) is 0 Å². The standard InChI is InChI=1S/C18H17ClN2O5/c1-11(22)20-14-5-3-4-12(8-14)18(24)26-10-17(23)21-15-9-13(19)6-7-16(15)25-2/h3-9H,10H2,1-2H3,(H,20,22)(H,21,23). The molecule has 2 aromatic rings. The second-order valence-corrected chi connectivity index (χ2v) is 5.67. The monoisotopic (exact) mass is 376 g/mol. The normalized spacial score (nSPS) is 9.96. The maximum Gasteiger partial charge on any atom is 0.338 e.